The number of amides is 2. The lowest BCUT2D eigenvalue weighted by atomic mass is 9.88. The number of nitrogens with zero attached hydrogens (tertiary/aromatic N) is 4. The van der Waals surface area contributed by atoms with Gasteiger partial charge in [-0.3, -0.25) is 14.7 Å². The van der Waals surface area contributed by atoms with E-state index < -0.39 is 23.8 Å². The number of carbonyl (C=O) groups is 2. The maximum Gasteiger partial charge on any atom is 0.276 e. The van der Waals surface area contributed by atoms with Crippen molar-refractivity contribution in [3.8, 4) is 11.1 Å². The number of aromatic amines is 1. The van der Waals surface area contributed by atoms with Gasteiger partial charge in [0.05, 0.1) is 5.69 Å². The predicted octanol–water partition coefficient (Wildman–Crippen LogP) is 4.16. The molecule has 3 heterocycles. The van der Waals surface area contributed by atoms with Crippen LogP contribution >= 0.6 is 0 Å². The second-order valence-electron chi connectivity index (χ2n) is 10.4. The van der Waals surface area contributed by atoms with Crippen LogP contribution in [0.2, 0.25) is 0 Å². The molecule has 2 saturated carbocycles. The Morgan fingerprint density at radius 1 is 1.16 bits per heavy atom. The van der Waals surface area contributed by atoms with Gasteiger partial charge >= 0.3 is 0 Å². The van der Waals surface area contributed by atoms with Gasteiger partial charge in [-0.1, -0.05) is 25.9 Å². The highest BCUT2D eigenvalue weighted by atomic mass is 19.1. The van der Waals surface area contributed by atoms with Gasteiger partial charge in [-0.2, -0.15) is 9.49 Å². The third kappa shape index (κ3) is 5.12. The van der Waals surface area contributed by atoms with Crippen molar-refractivity contribution in [2.75, 3.05) is 5.32 Å². The fourth-order valence-electron chi connectivity index (χ4n) is 5.16. The smallest absolute Gasteiger partial charge is 0.276 e. The lowest BCUT2D eigenvalue weighted by molar-refractivity contribution is -0.119. The predicted molar refractivity (Wildman–Crippen MR) is 133 cm³/mol. The highest BCUT2D eigenvalue weighted by molar-refractivity contribution is 6.00. The second kappa shape index (κ2) is 10.0. The Kier molecular flexibility index (Phi) is 6.78. The number of rotatable bonds is 10. The molecule has 37 heavy (non-hydrogen) atoms. The van der Waals surface area contributed by atoms with Crippen molar-refractivity contribution >= 4 is 17.6 Å². The van der Waals surface area contributed by atoms with Crippen LogP contribution in [0.3, 0.4) is 0 Å². The van der Waals surface area contributed by atoms with Crippen molar-refractivity contribution in [2.45, 2.75) is 71.8 Å². The number of halogens is 1. The van der Waals surface area contributed by atoms with E-state index in [-0.39, 0.29) is 23.3 Å². The first-order valence-corrected chi connectivity index (χ1v) is 12.9. The van der Waals surface area contributed by atoms with Gasteiger partial charge in [0, 0.05) is 22.7 Å². The van der Waals surface area contributed by atoms with Crippen LogP contribution in [-0.2, 0) is 11.2 Å². The molecule has 11 heteroatoms. The lowest BCUT2D eigenvalue weighted by Gasteiger charge is -2.27. The maximum atomic E-state index is 15.1. The van der Waals surface area contributed by atoms with E-state index in [4.69, 9.17) is 4.63 Å². The van der Waals surface area contributed by atoms with Crippen molar-refractivity contribution in [3.63, 3.8) is 0 Å². The molecule has 2 amide bonds. The number of aryl methyl sites for hydroxylation is 2. The highest BCUT2D eigenvalue weighted by Crippen LogP contribution is 2.51. The molecule has 2 aliphatic rings. The zero-order valence-corrected chi connectivity index (χ0v) is 21.5. The number of hydrogen-bond donors (Lipinski definition) is 3. The van der Waals surface area contributed by atoms with Crippen molar-refractivity contribution < 1.29 is 18.6 Å². The topological polar surface area (TPSA) is 139 Å². The molecule has 0 bridgehead atoms. The normalized spacial score (nSPS) is 16.3. The Balaban J connectivity index is 1.39. The van der Waals surface area contributed by atoms with Gasteiger partial charge in [-0.05, 0) is 74.1 Å². The molecule has 0 radical (unpaired) electrons. The van der Waals surface area contributed by atoms with Crippen molar-refractivity contribution in [1.29, 1.82) is 0 Å². The molecule has 3 aromatic heterocycles. The zero-order chi connectivity index (χ0) is 26.3. The quantitative estimate of drug-likeness (QED) is 0.349. The molecular weight excluding hydrogens is 477 g/mol. The van der Waals surface area contributed by atoms with E-state index in [1.807, 2.05) is 27.7 Å². The fourth-order valence-corrected chi connectivity index (χ4v) is 5.16. The highest BCUT2D eigenvalue weighted by Gasteiger charge is 2.48. The fraction of sp³-hybridized carbons (Fsp3) is 0.538. The first-order chi connectivity index (χ1) is 17.8. The minimum absolute atomic E-state index is 0.00359. The number of hydrogen-bond acceptors (Lipinski definition) is 7. The second-order valence-corrected chi connectivity index (χ2v) is 10.4. The van der Waals surface area contributed by atoms with Crippen LogP contribution in [0.4, 0.5) is 10.2 Å². The minimum atomic E-state index is -0.809. The van der Waals surface area contributed by atoms with Crippen molar-refractivity contribution in [2.24, 2.45) is 17.8 Å². The van der Waals surface area contributed by atoms with Gasteiger partial charge in [-0.25, -0.2) is 9.61 Å². The number of nitrogens with one attached hydrogen (secondary N) is 3. The van der Waals surface area contributed by atoms with E-state index in [2.05, 4.69) is 36.1 Å². The third-order valence-corrected chi connectivity index (χ3v) is 7.29. The summed E-state index contributed by atoms with van der Waals surface area (Å²) in [6.07, 6.45) is 4.73. The molecule has 2 aliphatic carbocycles. The summed E-state index contributed by atoms with van der Waals surface area (Å²) in [4.78, 5) is 30.8. The molecule has 0 saturated heterocycles. The Morgan fingerprint density at radius 2 is 1.86 bits per heavy atom. The van der Waals surface area contributed by atoms with Crippen LogP contribution in [-0.4, -0.2) is 43.4 Å². The zero-order valence-electron chi connectivity index (χ0n) is 21.5. The van der Waals surface area contributed by atoms with Gasteiger partial charge in [0.2, 0.25) is 11.9 Å². The molecule has 3 aromatic rings. The van der Waals surface area contributed by atoms with Crippen molar-refractivity contribution in [1.82, 2.24) is 30.8 Å². The van der Waals surface area contributed by atoms with Crippen LogP contribution in [0, 0.1) is 30.6 Å². The number of H-pyrrole nitrogens is 1. The summed E-state index contributed by atoms with van der Waals surface area (Å²) in [5.41, 5.74) is 3.01. The standard InChI is InChI=1S/C26H32FN7O3/c1-5-17-19(13(4)31-32-17)16-10-11-18(28-24(16)27)29-25(35)22(20(14-6-7-14)15-8-9-15)30-26(36)23-21(12(2)3)33-37-34-23/h10-12,14-15,20,22H,5-9H2,1-4H3,(H,30,36)(H,31,32)(H,28,29,35)/t22-/m0/s1. The van der Waals surface area contributed by atoms with E-state index in [0.29, 0.717) is 35.1 Å². The minimum Gasteiger partial charge on any atom is -0.338 e. The van der Waals surface area contributed by atoms with Crippen LogP contribution in [0.5, 0.6) is 0 Å². The van der Waals surface area contributed by atoms with E-state index in [9.17, 15) is 9.59 Å². The van der Waals surface area contributed by atoms with Crippen molar-refractivity contribution in [3.05, 3.63) is 40.9 Å². The Hall–Kier alpha value is -3.63. The van der Waals surface area contributed by atoms with E-state index in [0.717, 1.165) is 37.1 Å². The summed E-state index contributed by atoms with van der Waals surface area (Å²) in [6, 6.07) is 2.36. The van der Waals surface area contributed by atoms with Crippen LogP contribution in [0.1, 0.15) is 79.9 Å². The number of carbonyl (C=O) groups excluding carboxylic acids is 2. The van der Waals surface area contributed by atoms with E-state index in [1.165, 1.54) is 0 Å². The van der Waals surface area contributed by atoms with Gasteiger partial charge in [0.15, 0.2) is 5.69 Å². The first-order valence-electron chi connectivity index (χ1n) is 12.9. The summed E-state index contributed by atoms with van der Waals surface area (Å²) >= 11 is 0. The molecule has 0 spiro atoms. The van der Waals surface area contributed by atoms with Gasteiger partial charge < -0.3 is 10.6 Å². The largest absolute Gasteiger partial charge is 0.338 e. The summed E-state index contributed by atoms with van der Waals surface area (Å²) in [5, 5.41) is 20.4. The third-order valence-electron chi connectivity index (χ3n) is 7.29. The van der Waals surface area contributed by atoms with Gasteiger partial charge in [0.1, 0.15) is 17.6 Å². The molecule has 5 rings (SSSR count). The molecule has 0 aromatic carbocycles. The molecule has 1 atom stereocenters. The molecule has 2 fully saturated rings. The average Bonchev–Trinajstić information content (AvgIpc) is 3.79. The lowest BCUT2D eigenvalue weighted by Crippen LogP contribution is -2.50. The first kappa shape index (κ1) is 25.0. The molecule has 3 N–H and O–H groups in total. The average molecular weight is 510 g/mol. The molecular formula is C26H32FN7O3. The molecule has 0 aliphatic heterocycles. The monoisotopic (exact) mass is 509 g/mol. The van der Waals surface area contributed by atoms with E-state index in [1.54, 1.807) is 12.1 Å². The van der Waals surface area contributed by atoms with Gasteiger partial charge in [-0.15, -0.1) is 0 Å². The SMILES string of the molecule is CCc1n[nH]c(C)c1-c1ccc(NC(=O)[C@@H](NC(=O)c2nonc2C(C)C)C(C2CC2)C2CC2)nc1F. The summed E-state index contributed by atoms with van der Waals surface area (Å²) in [7, 11) is 0. The molecule has 0 unspecified atom stereocenters. The summed E-state index contributed by atoms with van der Waals surface area (Å²) < 4.78 is 19.9. The van der Waals surface area contributed by atoms with Gasteiger partial charge in [0.25, 0.3) is 5.91 Å². The number of aromatic nitrogens is 5. The number of anilines is 1. The Bertz CT molecular complexity index is 1300. The number of pyridine rings is 1. The molecule has 10 nitrogen and oxygen atoms in total. The van der Waals surface area contributed by atoms with Crippen LogP contribution < -0.4 is 10.6 Å². The van der Waals surface area contributed by atoms with E-state index >= 15 is 4.39 Å². The Labute approximate surface area is 214 Å². The van der Waals surface area contributed by atoms with Crippen LogP contribution in [0.25, 0.3) is 11.1 Å². The van der Waals surface area contributed by atoms with Crippen LogP contribution in [0.15, 0.2) is 16.8 Å². The molecule has 196 valence electrons. The Morgan fingerprint density at radius 3 is 2.46 bits per heavy atom. The summed E-state index contributed by atoms with van der Waals surface area (Å²) in [6.45, 7) is 7.55. The maximum absolute atomic E-state index is 15.1. The summed E-state index contributed by atoms with van der Waals surface area (Å²) in [5.74, 6) is -0.883.